The molecule has 0 spiro atoms. The van der Waals surface area contributed by atoms with E-state index in [1.807, 2.05) is 19.9 Å². The van der Waals surface area contributed by atoms with Crippen molar-refractivity contribution in [2.24, 2.45) is 0 Å². The quantitative estimate of drug-likeness (QED) is 0.319. The molecule has 22 heavy (non-hydrogen) atoms. The summed E-state index contributed by atoms with van der Waals surface area (Å²) in [5, 5.41) is 9.10. The number of nitrogens with zero attached hydrogens (tertiary/aromatic N) is 1. The summed E-state index contributed by atoms with van der Waals surface area (Å²) in [4.78, 5) is 11.8. The number of hydrogen-bond donors (Lipinski definition) is 0. The Morgan fingerprint density at radius 2 is 2.09 bits per heavy atom. The fraction of sp³-hybridized carbons (Fsp3) is 0.412. The van der Waals surface area contributed by atoms with E-state index in [9.17, 15) is 4.79 Å². The first-order valence-electron chi connectivity index (χ1n) is 7.26. The van der Waals surface area contributed by atoms with Gasteiger partial charge in [0.1, 0.15) is 11.6 Å². The molecule has 0 aliphatic rings. The second-order valence-electron chi connectivity index (χ2n) is 4.50. The fourth-order valence-corrected chi connectivity index (χ4v) is 1.74. The molecule has 0 saturated carbocycles. The van der Waals surface area contributed by atoms with E-state index in [1.165, 1.54) is 13.2 Å². The monoisotopic (exact) mass is 303 g/mol. The zero-order valence-corrected chi connectivity index (χ0v) is 13.2. The van der Waals surface area contributed by atoms with Gasteiger partial charge in [0.2, 0.25) is 0 Å². The SMILES string of the molecule is CCCCOC(=O)/C(C#N)=C\c1ccc(OCC)c(OC)c1. The molecular weight excluding hydrogens is 282 g/mol. The normalized spacial score (nSPS) is 10.7. The van der Waals surface area contributed by atoms with Crippen molar-refractivity contribution in [3.63, 3.8) is 0 Å². The largest absolute Gasteiger partial charge is 0.493 e. The number of ether oxygens (including phenoxy) is 3. The summed E-state index contributed by atoms with van der Waals surface area (Å²) in [5.74, 6) is 0.558. The lowest BCUT2D eigenvalue weighted by Gasteiger charge is -2.09. The smallest absolute Gasteiger partial charge is 0.348 e. The third-order valence-electron chi connectivity index (χ3n) is 2.87. The molecule has 1 rings (SSSR count). The molecule has 0 bridgehead atoms. The number of carbonyl (C=O) groups is 1. The average molecular weight is 303 g/mol. The van der Waals surface area contributed by atoms with Crippen molar-refractivity contribution in [2.45, 2.75) is 26.7 Å². The van der Waals surface area contributed by atoms with Crippen LogP contribution in [0.15, 0.2) is 23.8 Å². The maximum atomic E-state index is 11.8. The predicted molar refractivity (Wildman–Crippen MR) is 83.6 cm³/mol. The van der Waals surface area contributed by atoms with Crippen LogP contribution in [0.2, 0.25) is 0 Å². The Kier molecular flexibility index (Phi) is 7.55. The first-order valence-corrected chi connectivity index (χ1v) is 7.26. The van der Waals surface area contributed by atoms with Gasteiger partial charge in [0, 0.05) is 0 Å². The summed E-state index contributed by atoms with van der Waals surface area (Å²) in [7, 11) is 1.54. The molecule has 0 fully saturated rings. The van der Waals surface area contributed by atoms with Gasteiger partial charge in [0.05, 0.1) is 20.3 Å². The number of hydrogen-bond acceptors (Lipinski definition) is 5. The minimum absolute atomic E-state index is 0.0395. The average Bonchev–Trinajstić information content (AvgIpc) is 2.54. The van der Waals surface area contributed by atoms with E-state index in [0.717, 1.165) is 12.8 Å². The number of benzene rings is 1. The van der Waals surface area contributed by atoms with Crippen molar-refractivity contribution in [1.82, 2.24) is 0 Å². The van der Waals surface area contributed by atoms with Crippen LogP contribution >= 0.6 is 0 Å². The highest BCUT2D eigenvalue weighted by Crippen LogP contribution is 2.28. The van der Waals surface area contributed by atoms with Gasteiger partial charge in [-0.25, -0.2) is 4.79 Å². The van der Waals surface area contributed by atoms with Crippen LogP contribution in [-0.4, -0.2) is 26.3 Å². The van der Waals surface area contributed by atoms with Gasteiger partial charge < -0.3 is 14.2 Å². The van der Waals surface area contributed by atoms with E-state index in [-0.39, 0.29) is 5.57 Å². The topological polar surface area (TPSA) is 68.6 Å². The van der Waals surface area contributed by atoms with Gasteiger partial charge in [-0.3, -0.25) is 0 Å². The molecule has 5 nitrogen and oxygen atoms in total. The van der Waals surface area contributed by atoms with Gasteiger partial charge in [0.25, 0.3) is 0 Å². The third kappa shape index (κ3) is 5.13. The van der Waals surface area contributed by atoms with Crippen LogP contribution in [0.25, 0.3) is 6.08 Å². The van der Waals surface area contributed by atoms with Crippen LogP contribution in [0.3, 0.4) is 0 Å². The first-order chi connectivity index (χ1) is 10.7. The summed E-state index contributed by atoms with van der Waals surface area (Å²) in [6, 6.07) is 7.07. The number of rotatable bonds is 8. The van der Waals surface area contributed by atoms with E-state index in [0.29, 0.717) is 30.3 Å². The van der Waals surface area contributed by atoms with Crippen LogP contribution < -0.4 is 9.47 Å². The predicted octanol–water partition coefficient (Wildman–Crippen LogP) is 3.34. The molecule has 1 aromatic carbocycles. The number of esters is 1. The number of methoxy groups -OCH3 is 1. The minimum atomic E-state index is -0.608. The Labute approximate surface area is 131 Å². The second-order valence-corrected chi connectivity index (χ2v) is 4.50. The Morgan fingerprint density at radius 3 is 2.68 bits per heavy atom. The molecule has 0 saturated heterocycles. The van der Waals surface area contributed by atoms with Crippen LogP contribution in [-0.2, 0) is 9.53 Å². The van der Waals surface area contributed by atoms with Gasteiger partial charge in [-0.15, -0.1) is 0 Å². The highest BCUT2D eigenvalue weighted by Gasteiger charge is 2.11. The molecule has 0 amide bonds. The van der Waals surface area contributed by atoms with E-state index in [4.69, 9.17) is 19.5 Å². The third-order valence-corrected chi connectivity index (χ3v) is 2.87. The Hall–Kier alpha value is -2.48. The van der Waals surface area contributed by atoms with Crippen LogP contribution in [0, 0.1) is 11.3 Å². The van der Waals surface area contributed by atoms with Gasteiger partial charge in [-0.05, 0) is 37.1 Å². The molecule has 0 atom stereocenters. The molecule has 0 aliphatic heterocycles. The Bertz CT molecular complexity index is 573. The standard InChI is InChI=1S/C17H21NO4/c1-4-6-9-22-17(19)14(12-18)10-13-7-8-15(21-5-2)16(11-13)20-3/h7-8,10-11H,4-6,9H2,1-3H3/b14-10-. The zero-order chi connectivity index (χ0) is 16.4. The molecule has 0 radical (unpaired) electrons. The van der Waals surface area contributed by atoms with Crippen molar-refractivity contribution in [1.29, 1.82) is 5.26 Å². The van der Waals surface area contributed by atoms with Crippen molar-refractivity contribution < 1.29 is 19.0 Å². The molecule has 1 aromatic rings. The molecule has 5 heteroatoms. The summed E-state index contributed by atoms with van der Waals surface area (Å²) in [6.07, 6.45) is 3.18. The minimum Gasteiger partial charge on any atom is -0.493 e. The lowest BCUT2D eigenvalue weighted by atomic mass is 10.1. The number of carbonyl (C=O) groups excluding carboxylic acids is 1. The summed E-state index contributed by atoms with van der Waals surface area (Å²) in [5.41, 5.74) is 0.631. The van der Waals surface area contributed by atoms with E-state index < -0.39 is 5.97 Å². The Morgan fingerprint density at radius 1 is 1.32 bits per heavy atom. The van der Waals surface area contributed by atoms with Gasteiger partial charge in [-0.2, -0.15) is 5.26 Å². The lowest BCUT2D eigenvalue weighted by molar-refractivity contribution is -0.138. The fourth-order valence-electron chi connectivity index (χ4n) is 1.74. The van der Waals surface area contributed by atoms with Gasteiger partial charge >= 0.3 is 5.97 Å². The van der Waals surface area contributed by atoms with E-state index in [1.54, 1.807) is 18.2 Å². The summed E-state index contributed by atoms with van der Waals surface area (Å²) >= 11 is 0. The maximum absolute atomic E-state index is 11.8. The molecule has 118 valence electrons. The maximum Gasteiger partial charge on any atom is 0.348 e. The van der Waals surface area contributed by atoms with Crippen molar-refractivity contribution >= 4 is 12.0 Å². The van der Waals surface area contributed by atoms with Crippen LogP contribution in [0.4, 0.5) is 0 Å². The zero-order valence-electron chi connectivity index (χ0n) is 13.2. The Balaban J connectivity index is 2.93. The van der Waals surface area contributed by atoms with Crippen LogP contribution in [0.5, 0.6) is 11.5 Å². The second kappa shape index (κ2) is 9.46. The molecule has 0 N–H and O–H groups in total. The first kappa shape index (κ1) is 17.6. The lowest BCUT2D eigenvalue weighted by Crippen LogP contribution is -2.07. The molecule has 0 unspecified atom stereocenters. The van der Waals surface area contributed by atoms with Crippen molar-refractivity contribution in [3.8, 4) is 17.6 Å². The molecule has 0 aromatic heterocycles. The number of unbranched alkanes of at least 4 members (excludes halogenated alkanes) is 1. The van der Waals surface area contributed by atoms with E-state index >= 15 is 0 Å². The van der Waals surface area contributed by atoms with Crippen molar-refractivity contribution in [3.05, 3.63) is 29.3 Å². The highest BCUT2D eigenvalue weighted by atomic mass is 16.5. The van der Waals surface area contributed by atoms with Crippen LogP contribution in [0.1, 0.15) is 32.3 Å². The summed E-state index contributed by atoms with van der Waals surface area (Å²) < 4.78 is 15.7. The molecule has 0 aliphatic carbocycles. The van der Waals surface area contributed by atoms with Gasteiger partial charge in [0.15, 0.2) is 11.5 Å². The highest BCUT2D eigenvalue weighted by molar-refractivity contribution is 5.97. The van der Waals surface area contributed by atoms with E-state index in [2.05, 4.69) is 0 Å². The van der Waals surface area contributed by atoms with Gasteiger partial charge in [-0.1, -0.05) is 19.4 Å². The van der Waals surface area contributed by atoms with Crippen molar-refractivity contribution in [2.75, 3.05) is 20.3 Å². The summed E-state index contributed by atoms with van der Waals surface area (Å²) in [6.45, 7) is 4.73. The number of nitriles is 1. The molecule has 0 heterocycles. The molecular formula is C17H21NO4.